The van der Waals surface area contributed by atoms with Gasteiger partial charge in [0, 0.05) is 19.5 Å². The molecular weight excluding hydrogens is 247 g/mol. The monoisotopic (exact) mass is 266 g/mol. The molecule has 0 aromatic heterocycles. The normalized spacial score (nSPS) is 14.8. The van der Waals surface area contributed by atoms with Crippen LogP contribution in [0, 0.1) is 11.7 Å². The van der Waals surface area contributed by atoms with Gasteiger partial charge < -0.3 is 15.0 Å². The molecule has 1 N–H and O–H groups in total. The van der Waals surface area contributed by atoms with Crippen molar-refractivity contribution >= 4 is 5.91 Å². The van der Waals surface area contributed by atoms with Gasteiger partial charge in [0.25, 0.3) is 0 Å². The lowest BCUT2D eigenvalue weighted by Gasteiger charge is -2.28. The molecule has 0 atom stereocenters. The molecule has 0 bridgehead atoms. The van der Waals surface area contributed by atoms with Gasteiger partial charge in [-0.05, 0) is 31.1 Å². The fourth-order valence-corrected chi connectivity index (χ4v) is 1.88. The molecule has 0 radical (unpaired) electrons. The van der Waals surface area contributed by atoms with E-state index < -0.39 is 0 Å². The second kappa shape index (κ2) is 6.52. The summed E-state index contributed by atoms with van der Waals surface area (Å²) >= 11 is 0. The van der Waals surface area contributed by atoms with Crippen LogP contribution in [0.25, 0.3) is 0 Å². The van der Waals surface area contributed by atoms with E-state index in [1.165, 1.54) is 12.1 Å². The molecule has 1 aliphatic rings. The van der Waals surface area contributed by atoms with Crippen LogP contribution in [0.1, 0.15) is 6.42 Å². The van der Waals surface area contributed by atoms with Gasteiger partial charge in [-0.1, -0.05) is 6.07 Å². The van der Waals surface area contributed by atoms with Crippen LogP contribution in [0.15, 0.2) is 24.3 Å². The van der Waals surface area contributed by atoms with Crippen LogP contribution in [0.3, 0.4) is 0 Å². The van der Waals surface area contributed by atoms with E-state index in [1.807, 2.05) is 0 Å². The summed E-state index contributed by atoms with van der Waals surface area (Å²) in [6.07, 6.45) is 0.587. The zero-order valence-electron chi connectivity index (χ0n) is 11.1. The lowest BCUT2D eigenvalue weighted by molar-refractivity contribution is -0.131. The number of rotatable bonds is 6. The van der Waals surface area contributed by atoms with Gasteiger partial charge in [0.05, 0.1) is 6.54 Å². The van der Waals surface area contributed by atoms with E-state index in [0.29, 0.717) is 31.2 Å². The molecule has 0 spiro atoms. The van der Waals surface area contributed by atoms with Gasteiger partial charge in [-0.15, -0.1) is 0 Å². The van der Waals surface area contributed by atoms with E-state index in [9.17, 15) is 9.18 Å². The second-order valence-corrected chi connectivity index (χ2v) is 4.85. The molecule has 19 heavy (non-hydrogen) atoms. The third-order valence-electron chi connectivity index (χ3n) is 3.25. The molecule has 0 aliphatic carbocycles. The highest BCUT2D eigenvalue weighted by Gasteiger charge is 2.21. The van der Waals surface area contributed by atoms with Crippen molar-refractivity contribution in [1.29, 1.82) is 0 Å². The number of hydrogen-bond acceptors (Lipinski definition) is 3. The molecule has 0 unspecified atom stereocenters. The maximum absolute atomic E-state index is 12.9. The smallest absolute Gasteiger partial charge is 0.222 e. The molecule has 5 heteroatoms. The molecule has 104 valence electrons. The molecule has 0 saturated carbocycles. The summed E-state index contributed by atoms with van der Waals surface area (Å²) in [7, 11) is 1.77. The van der Waals surface area contributed by atoms with Gasteiger partial charge in [-0.2, -0.15) is 0 Å². The number of carbonyl (C=O) groups excluding carboxylic acids is 1. The minimum atomic E-state index is -0.320. The van der Waals surface area contributed by atoms with E-state index in [0.717, 1.165) is 13.1 Å². The summed E-state index contributed by atoms with van der Waals surface area (Å²) in [5.74, 6) is 0.775. The highest BCUT2D eigenvalue weighted by Crippen LogP contribution is 2.12. The van der Waals surface area contributed by atoms with Crippen molar-refractivity contribution in [2.45, 2.75) is 6.42 Å². The molecule has 1 saturated heterocycles. The Balaban J connectivity index is 1.68. The molecule has 4 nitrogen and oxygen atoms in total. The van der Waals surface area contributed by atoms with Crippen molar-refractivity contribution in [2.75, 3.05) is 33.3 Å². The number of nitrogens with one attached hydrogen (secondary N) is 1. The predicted octanol–water partition coefficient (Wildman–Crippen LogP) is 1.27. The quantitative estimate of drug-likeness (QED) is 0.843. The Labute approximate surface area is 112 Å². The minimum absolute atomic E-state index is 0.134. The van der Waals surface area contributed by atoms with Crippen molar-refractivity contribution in [2.24, 2.45) is 5.92 Å². The van der Waals surface area contributed by atoms with E-state index in [-0.39, 0.29) is 11.7 Å². The van der Waals surface area contributed by atoms with Crippen LogP contribution in [0.2, 0.25) is 0 Å². The number of amides is 1. The van der Waals surface area contributed by atoms with Gasteiger partial charge in [0.1, 0.15) is 18.2 Å². The summed E-state index contributed by atoms with van der Waals surface area (Å²) in [6.45, 7) is 2.74. The zero-order chi connectivity index (χ0) is 13.7. The van der Waals surface area contributed by atoms with E-state index >= 15 is 0 Å². The highest BCUT2D eigenvalue weighted by atomic mass is 19.1. The standard InChI is InChI=1S/C14H19FN2O2/c1-17(14(18)7-11-9-16-10-11)5-6-19-13-4-2-3-12(15)8-13/h2-4,8,11,16H,5-7,9-10H2,1H3. The van der Waals surface area contributed by atoms with Crippen molar-refractivity contribution < 1.29 is 13.9 Å². The van der Waals surface area contributed by atoms with Crippen LogP contribution < -0.4 is 10.1 Å². The van der Waals surface area contributed by atoms with Crippen molar-refractivity contribution in [3.8, 4) is 5.75 Å². The highest BCUT2D eigenvalue weighted by molar-refractivity contribution is 5.76. The number of nitrogens with zero attached hydrogens (tertiary/aromatic N) is 1. The molecular formula is C14H19FN2O2. The number of likely N-dealkylation sites (N-methyl/N-ethyl adjacent to an activating group) is 1. The number of carbonyl (C=O) groups is 1. The van der Waals surface area contributed by atoms with Gasteiger partial charge in [0.2, 0.25) is 5.91 Å². The molecule has 1 aromatic rings. The van der Waals surface area contributed by atoms with Crippen LogP contribution >= 0.6 is 0 Å². The van der Waals surface area contributed by atoms with E-state index in [2.05, 4.69) is 5.32 Å². The fraction of sp³-hybridized carbons (Fsp3) is 0.500. The maximum atomic E-state index is 12.9. The summed E-state index contributed by atoms with van der Waals surface area (Å²) in [6, 6.07) is 6.01. The van der Waals surface area contributed by atoms with Crippen LogP contribution in [0.5, 0.6) is 5.75 Å². The Morgan fingerprint density at radius 2 is 2.32 bits per heavy atom. The SMILES string of the molecule is CN(CCOc1cccc(F)c1)C(=O)CC1CNC1. The predicted molar refractivity (Wildman–Crippen MR) is 70.5 cm³/mol. The van der Waals surface area contributed by atoms with Crippen molar-refractivity contribution in [1.82, 2.24) is 10.2 Å². The van der Waals surface area contributed by atoms with Crippen molar-refractivity contribution in [3.05, 3.63) is 30.1 Å². The first-order valence-electron chi connectivity index (χ1n) is 6.48. The molecule has 1 heterocycles. The van der Waals surface area contributed by atoms with E-state index in [1.54, 1.807) is 24.1 Å². The Bertz CT molecular complexity index is 435. The maximum Gasteiger partial charge on any atom is 0.222 e. The largest absolute Gasteiger partial charge is 0.492 e. The topological polar surface area (TPSA) is 41.6 Å². The first-order chi connectivity index (χ1) is 9.15. The third kappa shape index (κ3) is 4.21. The molecule has 2 rings (SSSR count). The lowest BCUT2D eigenvalue weighted by atomic mass is 9.99. The Morgan fingerprint density at radius 3 is 2.95 bits per heavy atom. The number of ether oxygens (including phenoxy) is 1. The van der Waals surface area contributed by atoms with Gasteiger partial charge >= 0.3 is 0 Å². The van der Waals surface area contributed by atoms with E-state index in [4.69, 9.17) is 4.74 Å². The average Bonchev–Trinajstić information content (AvgIpc) is 2.33. The number of hydrogen-bond donors (Lipinski definition) is 1. The Morgan fingerprint density at radius 1 is 1.53 bits per heavy atom. The molecule has 1 amide bonds. The van der Waals surface area contributed by atoms with Crippen LogP contribution in [0.4, 0.5) is 4.39 Å². The van der Waals surface area contributed by atoms with Crippen molar-refractivity contribution in [3.63, 3.8) is 0 Å². The second-order valence-electron chi connectivity index (χ2n) is 4.85. The average molecular weight is 266 g/mol. The number of halogens is 1. The van der Waals surface area contributed by atoms with Crippen LogP contribution in [-0.4, -0.2) is 44.1 Å². The zero-order valence-corrected chi connectivity index (χ0v) is 11.1. The van der Waals surface area contributed by atoms with Gasteiger partial charge in [0.15, 0.2) is 0 Å². The minimum Gasteiger partial charge on any atom is -0.492 e. The summed E-state index contributed by atoms with van der Waals surface area (Å²) in [5, 5.41) is 3.14. The van der Waals surface area contributed by atoms with Gasteiger partial charge in [-0.3, -0.25) is 4.79 Å². The molecule has 1 aliphatic heterocycles. The first-order valence-corrected chi connectivity index (χ1v) is 6.48. The third-order valence-corrected chi connectivity index (χ3v) is 3.25. The van der Waals surface area contributed by atoms with Gasteiger partial charge in [-0.25, -0.2) is 4.39 Å². The Kier molecular flexibility index (Phi) is 4.74. The Hall–Kier alpha value is -1.62. The summed E-state index contributed by atoms with van der Waals surface area (Å²) < 4.78 is 18.3. The fourth-order valence-electron chi connectivity index (χ4n) is 1.88. The van der Waals surface area contributed by atoms with Crippen LogP contribution in [-0.2, 0) is 4.79 Å². The summed E-state index contributed by atoms with van der Waals surface area (Å²) in [4.78, 5) is 13.5. The summed E-state index contributed by atoms with van der Waals surface area (Å²) in [5.41, 5.74) is 0. The number of benzene rings is 1. The lowest BCUT2D eigenvalue weighted by Crippen LogP contribution is -2.45. The first kappa shape index (κ1) is 13.8. The molecule has 1 aromatic carbocycles. The molecule has 1 fully saturated rings.